The predicted octanol–water partition coefficient (Wildman–Crippen LogP) is 2.94. The van der Waals surface area contributed by atoms with Gasteiger partial charge in [-0.1, -0.05) is 25.5 Å². The van der Waals surface area contributed by atoms with Crippen molar-refractivity contribution >= 4 is 5.97 Å². The Balaban J connectivity index is 2.92. The summed E-state index contributed by atoms with van der Waals surface area (Å²) in [6, 6.07) is 6.71. The van der Waals surface area contributed by atoms with E-state index in [4.69, 9.17) is 4.74 Å². The Labute approximate surface area is 115 Å². The van der Waals surface area contributed by atoms with Crippen molar-refractivity contribution < 1.29 is 14.6 Å². The van der Waals surface area contributed by atoms with Crippen LogP contribution in [-0.2, 0) is 4.79 Å². The number of likely N-dealkylation sites (N-methyl/N-ethyl adjacent to an activating group) is 1. The second kappa shape index (κ2) is 7.79. The zero-order valence-electron chi connectivity index (χ0n) is 11.9. The van der Waals surface area contributed by atoms with Gasteiger partial charge in [-0.2, -0.15) is 0 Å². The third-order valence-electron chi connectivity index (χ3n) is 3.02. The number of nitrogens with zero attached hydrogens (tertiary/aromatic N) is 1. The molecule has 0 heterocycles. The van der Waals surface area contributed by atoms with Gasteiger partial charge in [-0.15, -0.1) is 0 Å². The zero-order chi connectivity index (χ0) is 14.3. The molecule has 0 saturated heterocycles. The minimum absolute atomic E-state index is 0.576. The molecule has 19 heavy (non-hydrogen) atoms. The molecule has 0 aromatic heterocycles. The Hall–Kier alpha value is -1.55. The van der Waals surface area contributed by atoms with Crippen LogP contribution >= 0.6 is 0 Å². The Morgan fingerprint density at radius 3 is 2.74 bits per heavy atom. The number of benzene rings is 1. The normalized spacial score (nSPS) is 12.4. The van der Waals surface area contributed by atoms with Crippen molar-refractivity contribution in [1.82, 2.24) is 4.90 Å². The van der Waals surface area contributed by atoms with Gasteiger partial charge in [0.25, 0.3) is 0 Å². The summed E-state index contributed by atoms with van der Waals surface area (Å²) in [4.78, 5) is 13.4. The van der Waals surface area contributed by atoms with Crippen LogP contribution in [0.1, 0.15) is 38.3 Å². The zero-order valence-corrected chi connectivity index (χ0v) is 11.9. The smallest absolute Gasteiger partial charge is 0.325 e. The Morgan fingerprint density at radius 1 is 1.42 bits per heavy atom. The largest absolute Gasteiger partial charge is 0.494 e. The highest BCUT2D eigenvalue weighted by atomic mass is 16.5. The number of aliphatic carboxylic acids is 1. The SMILES string of the molecule is CCCCN(C)C(C(=O)O)c1cccc(OCC)c1. The molecule has 1 unspecified atom stereocenters. The van der Waals surface area contributed by atoms with Crippen LogP contribution in [-0.4, -0.2) is 36.2 Å². The summed E-state index contributed by atoms with van der Waals surface area (Å²) >= 11 is 0. The first-order valence-electron chi connectivity index (χ1n) is 6.76. The molecule has 0 bridgehead atoms. The number of ether oxygens (including phenoxy) is 1. The van der Waals surface area contributed by atoms with Gasteiger partial charge < -0.3 is 9.84 Å². The maximum Gasteiger partial charge on any atom is 0.325 e. The highest BCUT2D eigenvalue weighted by molar-refractivity contribution is 5.75. The average molecular weight is 265 g/mol. The quantitative estimate of drug-likeness (QED) is 0.785. The van der Waals surface area contributed by atoms with E-state index in [9.17, 15) is 9.90 Å². The molecule has 1 rings (SSSR count). The summed E-state index contributed by atoms with van der Waals surface area (Å²) in [5.41, 5.74) is 0.761. The third kappa shape index (κ3) is 4.56. The molecule has 106 valence electrons. The fourth-order valence-corrected chi connectivity index (χ4v) is 2.06. The van der Waals surface area contributed by atoms with E-state index in [2.05, 4.69) is 6.92 Å². The van der Waals surface area contributed by atoms with E-state index in [1.165, 1.54) is 0 Å². The van der Waals surface area contributed by atoms with Gasteiger partial charge in [0.15, 0.2) is 0 Å². The molecule has 0 radical (unpaired) electrons. The summed E-state index contributed by atoms with van der Waals surface area (Å²) in [6.07, 6.45) is 2.04. The molecule has 1 atom stereocenters. The minimum atomic E-state index is -0.827. The van der Waals surface area contributed by atoms with E-state index in [1.54, 1.807) is 0 Å². The highest BCUT2D eigenvalue weighted by Gasteiger charge is 2.24. The van der Waals surface area contributed by atoms with E-state index < -0.39 is 12.0 Å². The number of carboxylic acid groups (broad SMARTS) is 1. The van der Waals surface area contributed by atoms with Gasteiger partial charge in [0, 0.05) is 0 Å². The lowest BCUT2D eigenvalue weighted by Crippen LogP contribution is -2.31. The molecule has 4 heteroatoms. The predicted molar refractivity (Wildman–Crippen MR) is 75.5 cm³/mol. The highest BCUT2D eigenvalue weighted by Crippen LogP contribution is 2.24. The molecule has 0 saturated carbocycles. The van der Waals surface area contributed by atoms with Crippen molar-refractivity contribution in [2.75, 3.05) is 20.2 Å². The van der Waals surface area contributed by atoms with Gasteiger partial charge in [0.1, 0.15) is 11.8 Å². The number of carbonyl (C=O) groups is 1. The lowest BCUT2D eigenvalue weighted by Gasteiger charge is -2.25. The summed E-state index contributed by atoms with van der Waals surface area (Å²) in [6.45, 7) is 5.35. The molecule has 0 spiro atoms. The van der Waals surface area contributed by atoms with Crippen LogP contribution in [0.4, 0.5) is 0 Å². The van der Waals surface area contributed by atoms with Gasteiger partial charge in [0.05, 0.1) is 6.61 Å². The van der Waals surface area contributed by atoms with Crippen LogP contribution in [0.5, 0.6) is 5.75 Å². The van der Waals surface area contributed by atoms with Crippen LogP contribution in [0, 0.1) is 0 Å². The molecule has 1 aromatic rings. The van der Waals surface area contributed by atoms with Crippen molar-refractivity contribution in [3.05, 3.63) is 29.8 Å². The molecule has 0 aliphatic carbocycles. The second-order valence-corrected chi connectivity index (χ2v) is 4.58. The van der Waals surface area contributed by atoms with Crippen LogP contribution in [0.15, 0.2) is 24.3 Å². The van der Waals surface area contributed by atoms with Gasteiger partial charge in [-0.3, -0.25) is 9.69 Å². The topological polar surface area (TPSA) is 49.8 Å². The fourth-order valence-electron chi connectivity index (χ4n) is 2.06. The Morgan fingerprint density at radius 2 is 2.16 bits per heavy atom. The molecule has 0 aliphatic heterocycles. The third-order valence-corrected chi connectivity index (χ3v) is 3.02. The Bertz CT molecular complexity index is 406. The van der Waals surface area contributed by atoms with E-state index in [0.717, 1.165) is 30.7 Å². The number of hydrogen-bond acceptors (Lipinski definition) is 3. The summed E-state index contributed by atoms with van der Waals surface area (Å²) in [5, 5.41) is 9.43. The molecule has 0 amide bonds. The summed E-state index contributed by atoms with van der Waals surface area (Å²) < 4.78 is 5.43. The van der Waals surface area contributed by atoms with E-state index in [-0.39, 0.29) is 0 Å². The van der Waals surface area contributed by atoms with E-state index in [1.807, 2.05) is 43.1 Å². The minimum Gasteiger partial charge on any atom is -0.494 e. The first-order valence-corrected chi connectivity index (χ1v) is 6.76. The maximum atomic E-state index is 11.5. The van der Waals surface area contributed by atoms with Gasteiger partial charge in [-0.25, -0.2) is 0 Å². The molecule has 1 aromatic carbocycles. The van der Waals surface area contributed by atoms with E-state index in [0.29, 0.717) is 6.61 Å². The first-order chi connectivity index (χ1) is 9.10. The second-order valence-electron chi connectivity index (χ2n) is 4.58. The number of unbranched alkanes of at least 4 members (excludes halogenated alkanes) is 1. The van der Waals surface area contributed by atoms with Crippen molar-refractivity contribution in [2.45, 2.75) is 32.7 Å². The number of carboxylic acids is 1. The van der Waals surface area contributed by atoms with Crippen LogP contribution in [0.3, 0.4) is 0 Å². The average Bonchev–Trinajstić information content (AvgIpc) is 2.37. The summed E-state index contributed by atoms with van der Waals surface area (Å²) in [7, 11) is 1.85. The van der Waals surface area contributed by atoms with Crippen LogP contribution in [0.2, 0.25) is 0 Å². The van der Waals surface area contributed by atoms with Crippen LogP contribution in [0.25, 0.3) is 0 Å². The lowest BCUT2D eigenvalue weighted by molar-refractivity contribution is -0.143. The van der Waals surface area contributed by atoms with Crippen molar-refractivity contribution in [3.63, 3.8) is 0 Å². The monoisotopic (exact) mass is 265 g/mol. The van der Waals surface area contributed by atoms with Crippen molar-refractivity contribution in [3.8, 4) is 5.75 Å². The molecule has 0 fully saturated rings. The fraction of sp³-hybridized carbons (Fsp3) is 0.533. The number of rotatable bonds is 8. The molecule has 4 nitrogen and oxygen atoms in total. The lowest BCUT2D eigenvalue weighted by atomic mass is 10.1. The first kappa shape index (κ1) is 15.5. The standard InChI is InChI=1S/C15H23NO3/c1-4-6-10-16(3)14(15(17)18)12-8-7-9-13(11-12)19-5-2/h7-9,11,14H,4-6,10H2,1-3H3,(H,17,18). The van der Waals surface area contributed by atoms with E-state index >= 15 is 0 Å². The molecular weight excluding hydrogens is 242 g/mol. The number of hydrogen-bond donors (Lipinski definition) is 1. The molecule has 1 N–H and O–H groups in total. The van der Waals surface area contributed by atoms with Gasteiger partial charge >= 0.3 is 5.97 Å². The van der Waals surface area contributed by atoms with Crippen molar-refractivity contribution in [1.29, 1.82) is 0 Å². The molecular formula is C15H23NO3. The van der Waals surface area contributed by atoms with Gasteiger partial charge in [-0.05, 0) is 44.6 Å². The van der Waals surface area contributed by atoms with Gasteiger partial charge in [0.2, 0.25) is 0 Å². The Kier molecular flexibility index (Phi) is 6.36. The van der Waals surface area contributed by atoms with Crippen LogP contribution < -0.4 is 4.74 Å². The summed E-state index contributed by atoms with van der Waals surface area (Å²) in [5.74, 6) is -0.109. The van der Waals surface area contributed by atoms with Crippen molar-refractivity contribution in [2.24, 2.45) is 0 Å². The maximum absolute atomic E-state index is 11.5. The molecule has 0 aliphatic rings.